The van der Waals surface area contributed by atoms with Gasteiger partial charge in [0.1, 0.15) is 18.2 Å². The summed E-state index contributed by atoms with van der Waals surface area (Å²) in [5, 5.41) is 18.0. The van der Waals surface area contributed by atoms with Gasteiger partial charge in [-0.1, -0.05) is 12.6 Å². The first-order chi connectivity index (χ1) is 16.0. The molecule has 0 saturated carbocycles. The number of aromatic nitrogens is 2. The molecule has 0 aliphatic carbocycles. The molecule has 0 unspecified atom stereocenters. The van der Waals surface area contributed by atoms with Crippen LogP contribution in [0.1, 0.15) is 5.56 Å². The number of hydrogen-bond acceptors (Lipinski definition) is 8. The molecule has 168 valence electrons. The number of carbonyl (C=O) groups excluding carboxylic acids is 1. The summed E-state index contributed by atoms with van der Waals surface area (Å²) in [5.74, 6) is -0.409. The number of ether oxygens (including phenoxy) is 2. The maximum atomic E-state index is 14.3. The summed E-state index contributed by atoms with van der Waals surface area (Å²) in [5.41, 5.74) is 1.73. The molecule has 0 saturated heterocycles. The molecule has 3 N–H and O–H groups in total. The third kappa shape index (κ3) is 6.49. The second kappa shape index (κ2) is 11.2. The lowest BCUT2D eigenvalue weighted by Gasteiger charge is -2.12. The van der Waals surface area contributed by atoms with Gasteiger partial charge in [-0.3, -0.25) is 4.79 Å². The highest BCUT2D eigenvalue weighted by Gasteiger charge is 2.10. The first kappa shape index (κ1) is 23.2. The van der Waals surface area contributed by atoms with Crippen LogP contribution in [0.25, 0.3) is 0 Å². The van der Waals surface area contributed by atoms with Gasteiger partial charge in [0, 0.05) is 30.2 Å². The van der Waals surface area contributed by atoms with E-state index >= 15 is 0 Å². The van der Waals surface area contributed by atoms with Gasteiger partial charge in [-0.25, -0.2) is 9.37 Å². The van der Waals surface area contributed by atoms with Gasteiger partial charge in [-0.15, -0.1) is 0 Å². The SMILES string of the molecule is C=CC(=O)Nc1cccc(Nc2nc(Nc3ccc(OCCOC)c(F)c3)ncc2C#N)c1. The first-order valence-electron chi connectivity index (χ1n) is 9.78. The van der Waals surface area contributed by atoms with Crippen LogP contribution in [0.15, 0.2) is 61.3 Å². The van der Waals surface area contributed by atoms with Crippen molar-refractivity contribution < 1.29 is 18.7 Å². The van der Waals surface area contributed by atoms with Crippen LogP contribution < -0.4 is 20.7 Å². The van der Waals surface area contributed by atoms with E-state index in [9.17, 15) is 14.4 Å². The van der Waals surface area contributed by atoms with Crippen molar-refractivity contribution in [3.8, 4) is 11.8 Å². The summed E-state index contributed by atoms with van der Waals surface area (Å²) >= 11 is 0. The van der Waals surface area contributed by atoms with Gasteiger partial charge < -0.3 is 25.4 Å². The Hall–Kier alpha value is -4.49. The quantitative estimate of drug-likeness (QED) is 0.313. The van der Waals surface area contributed by atoms with E-state index in [1.54, 1.807) is 30.3 Å². The topological polar surface area (TPSA) is 121 Å². The molecule has 9 nitrogen and oxygen atoms in total. The van der Waals surface area contributed by atoms with Gasteiger partial charge in [-0.05, 0) is 36.4 Å². The monoisotopic (exact) mass is 448 g/mol. The molecule has 1 amide bonds. The van der Waals surface area contributed by atoms with E-state index in [2.05, 4.69) is 32.5 Å². The van der Waals surface area contributed by atoms with E-state index in [0.717, 1.165) is 6.08 Å². The smallest absolute Gasteiger partial charge is 0.247 e. The zero-order valence-corrected chi connectivity index (χ0v) is 17.8. The number of anilines is 5. The van der Waals surface area contributed by atoms with Crippen molar-refractivity contribution in [3.05, 3.63) is 72.7 Å². The fourth-order valence-corrected chi connectivity index (χ4v) is 2.68. The number of rotatable bonds is 10. The lowest BCUT2D eigenvalue weighted by molar-refractivity contribution is -0.111. The Balaban J connectivity index is 1.77. The van der Waals surface area contributed by atoms with Crippen LogP contribution in [0.2, 0.25) is 0 Å². The number of amides is 1. The predicted molar refractivity (Wildman–Crippen MR) is 122 cm³/mol. The van der Waals surface area contributed by atoms with Crippen molar-refractivity contribution in [1.29, 1.82) is 5.26 Å². The number of halogens is 1. The maximum Gasteiger partial charge on any atom is 0.247 e. The lowest BCUT2D eigenvalue weighted by atomic mass is 10.2. The van der Waals surface area contributed by atoms with Crippen LogP contribution in [0, 0.1) is 17.1 Å². The molecule has 0 spiro atoms. The van der Waals surface area contributed by atoms with Gasteiger partial charge in [0.15, 0.2) is 17.4 Å². The number of nitriles is 1. The Morgan fingerprint density at radius 1 is 1.18 bits per heavy atom. The minimum absolute atomic E-state index is 0.101. The van der Waals surface area contributed by atoms with Crippen LogP contribution in [0.3, 0.4) is 0 Å². The van der Waals surface area contributed by atoms with Gasteiger partial charge in [0.25, 0.3) is 0 Å². The Labute approximate surface area is 189 Å². The average molecular weight is 448 g/mol. The molecule has 2 aromatic carbocycles. The zero-order valence-electron chi connectivity index (χ0n) is 17.8. The molecular formula is C23H21FN6O3. The summed E-state index contributed by atoms with van der Waals surface area (Å²) < 4.78 is 24.5. The minimum atomic E-state index is -0.554. The van der Waals surface area contributed by atoms with Crippen molar-refractivity contribution >= 4 is 34.7 Å². The molecule has 1 aromatic heterocycles. The molecular weight excluding hydrogens is 427 g/mol. The predicted octanol–water partition coefficient (Wildman–Crippen LogP) is 4.12. The Morgan fingerprint density at radius 3 is 2.70 bits per heavy atom. The molecule has 1 heterocycles. The fraction of sp³-hybridized carbons (Fsp3) is 0.130. The molecule has 0 aliphatic heterocycles. The molecule has 0 bridgehead atoms. The van der Waals surface area contributed by atoms with Crippen molar-refractivity contribution in [1.82, 2.24) is 9.97 Å². The van der Waals surface area contributed by atoms with E-state index in [0.29, 0.717) is 23.7 Å². The van der Waals surface area contributed by atoms with Crippen LogP contribution in [-0.2, 0) is 9.53 Å². The van der Waals surface area contributed by atoms with Gasteiger partial charge >= 0.3 is 0 Å². The summed E-state index contributed by atoms with van der Waals surface area (Å²) in [7, 11) is 1.53. The second-order valence-corrected chi connectivity index (χ2v) is 6.58. The number of methoxy groups -OCH3 is 1. The second-order valence-electron chi connectivity index (χ2n) is 6.58. The van der Waals surface area contributed by atoms with E-state index in [1.165, 1.54) is 25.4 Å². The molecule has 3 rings (SSSR count). The Bertz CT molecular complexity index is 1200. The molecule has 3 aromatic rings. The summed E-state index contributed by atoms with van der Waals surface area (Å²) in [6, 6.07) is 13.2. The van der Waals surface area contributed by atoms with Crippen LogP contribution in [-0.4, -0.2) is 36.2 Å². The van der Waals surface area contributed by atoms with E-state index in [4.69, 9.17) is 9.47 Å². The average Bonchev–Trinajstić information content (AvgIpc) is 2.81. The number of hydrogen-bond donors (Lipinski definition) is 3. The summed E-state index contributed by atoms with van der Waals surface area (Å²) in [6.07, 6.45) is 2.51. The molecule has 0 radical (unpaired) electrons. The molecule has 0 fully saturated rings. The van der Waals surface area contributed by atoms with Crippen LogP contribution in [0.5, 0.6) is 5.75 Å². The largest absolute Gasteiger partial charge is 0.488 e. The van der Waals surface area contributed by atoms with Crippen LogP contribution >= 0.6 is 0 Å². The van der Waals surface area contributed by atoms with Gasteiger partial charge in [0.05, 0.1) is 12.8 Å². The normalized spacial score (nSPS) is 10.1. The zero-order chi connectivity index (χ0) is 23.6. The number of carbonyl (C=O) groups is 1. The van der Waals surface area contributed by atoms with Crippen molar-refractivity contribution in [2.75, 3.05) is 36.3 Å². The van der Waals surface area contributed by atoms with Crippen molar-refractivity contribution in [3.63, 3.8) is 0 Å². The highest BCUT2D eigenvalue weighted by molar-refractivity contribution is 5.99. The molecule has 10 heteroatoms. The third-order valence-electron chi connectivity index (χ3n) is 4.22. The lowest BCUT2D eigenvalue weighted by Crippen LogP contribution is -2.08. The summed E-state index contributed by atoms with van der Waals surface area (Å²) in [4.78, 5) is 19.9. The van der Waals surface area contributed by atoms with Gasteiger partial charge in [-0.2, -0.15) is 10.2 Å². The standard InChI is InChI=1S/C23H21FN6O3/c1-3-21(31)27-16-5-4-6-17(11-16)28-22-15(13-25)14-26-23(30-22)29-18-7-8-20(19(24)12-18)33-10-9-32-2/h3-8,11-12,14H,1,9-10H2,2H3,(H,27,31)(H2,26,28,29,30). The van der Waals surface area contributed by atoms with Crippen LogP contribution in [0.4, 0.5) is 33.2 Å². The van der Waals surface area contributed by atoms with Gasteiger partial charge in [0.2, 0.25) is 11.9 Å². The molecule has 0 aliphatic rings. The summed E-state index contributed by atoms with van der Waals surface area (Å²) in [6.45, 7) is 3.99. The highest BCUT2D eigenvalue weighted by Crippen LogP contribution is 2.25. The Morgan fingerprint density at radius 2 is 1.97 bits per heavy atom. The first-order valence-corrected chi connectivity index (χ1v) is 9.78. The van der Waals surface area contributed by atoms with Crippen molar-refractivity contribution in [2.24, 2.45) is 0 Å². The Kier molecular flexibility index (Phi) is 7.88. The highest BCUT2D eigenvalue weighted by atomic mass is 19.1. The number of nitrogens with one attached hydrogen (secondary N) is 3. The van der Waals surface area contributed by atoms with E-state index in [-0.39, 0.29) is 35.6 Å². The minimum Gasteiger partial charge on any atom is -0.488 e. The third-order valence-corrected chi connectivity index (χ3v) is 4.22. The fourth-order valence-electron chi connectivity index (χ4n) is 2.68. The number of benzene rings is 2. The van der Waals surface area contributed by atoms with E-state index < -0.39 is 5.82 Å². The van der Waals surface area contributed by atoms with E-state index in [1.807, 2.05) is 6.07 Å². The molecule has 33 heavy (non-hydrogen) atoms. The number of nitrogens with zero attached hydrogens (tertiary/aromatic N) is 3. The molecule has 0 atom stereocenters. The maximum absolute atomic E-state index is 14.3. The van der Waals surface area contributed by atoms with Crippen molar-refractivity contribution in [2.45, 2.75) is 0 Å².